The maximum absolute atomic E-state index is 14.1. The molecule has 0 saturated carbocycles. The Labute approximate surface area is 156 Å². The van der Waals surface area contributed by atoms with Crippen molar-refractivity contribution in [3.05, 3.63) is 53.3 Å². The van der Waals surface area contributed by atoms with Crippen molar-refractivity contribution in [3.63, 3.8) is 0 Å². The van der Waals surface area contributed by atoms with Gasteiger partial charge in [0.05, 0.1) is 26.9 Å². The summed E-state index contributed by atoms with van der Waals surface area (Å²) in [6.07, 6.45) is 0. The summed E-state index contributed by atoms with van der Waals surface area (Å²) < 4.78 is 30.3. The number of rotatable bonds is 5. The average molecular weight is 377 g/mol. The molecule has 2 aromatic carbocycles. The predicted octanol–water partition coefficient (Wildman–Crippen LogP) is 3.74. The van der Waals surface area contributed by atoms with Gasteiger partial charge >= 0.3 is 0 Å². The smallest absolute Gasteiger partial charge is 0.258 e. The lowest BCUT2D eigenvalue weighted by Crippen LogP contribution is -2.31. The van der Waals surface area contributed by atoms with Crippen LogP contribution in [0.5, 0.6) is 17.2 Å². The maximum Gasteiger partial charge on any atom is 0.258 e. The van der Waals surface area contributed by atoms with E-state index in [1.807, 2.05) is 6.07 Å². The van der Waals surface area contributed by atoms with Crippen LogP contribution < -0.4 is 14.2 Å². The highest BCUT2D eigenvalue weighted by Gasteiger charge is 2.34. The molecule has 1 aliphatic heterocycles. The summed E-state index contributed by atoms with van der Waals surface area (Å²) >= 11 is 1.60. The van der Waals surface area contributed by atoms with Crippen LogP contribution in [0, 0.1) is 5.82 Å². The van der Waals surface area contributed by atoms with Gasteiger partial charge in [0.2, 0.25) is 0 Å². The first-order valence-electron chi connectivity index (χ1n) is 8.07. The molecule has 1 aliphatic rings. The number of carbonyl (C=O) groups excluding carboxylic acids is 1. The molecule has 26 heavy (non-hydrogen) atoms. The van der Waals surface area contributed by atoms with E-state index in [-0.39, 0.29) is 16.8 Å². The van der Waals surface area contributed by atoms with Crippen molar-refractivity contribution in [3.8, 4) is 17.2 Å². The van der Waals surface area contributed by atoms with Crippen molar-refractivity contribution in [1.82, 2.24) is 4.90 Å². The largest absolute Gasteiger partial charge is 0.496 e. The predicted molar refractivity (Wildman–Crippen MR) is 98.7 cm³/mol. The lowest BCUT2D eigenvalue weighted by Gasteiger charge is -2.26. The zero-order valence-electron chi connectivity index (χ0n) is 14.8. The number of methoxy groups -OCH3 is 3. The van der Waals surface area contributed by atoms with Gasteiger partial charge < -0.3 is 19.1 Å². The minimum absolute atomic E-state index is 0.0689. The van der Waals surface area contributed by atoms with Gasteiger partial charge in [-0.05, 0) is 18.2 Å². The van der Waals surface area contributed by atoms with Gasteiger partial charge in [-0.15, -0.1) is 11.8 Å². The number of hydrogen-bond acceptors (Lipinski definition) is 5. The number of hydrogen-bond donors (Lipinski definition) is 0. The number of benzene rings is 2. The third kappa shape index (κ3) is 3.31. The maximum atomic E-state index is 14.1. The topological polar surface area (TPSA) is 48.0 Å². The monoisotopic (exact) mass is 377 g/mol. The van der Waals surface area contributed by atoms with Crippen molar-refractivity contribution in [1.29, 1.82) is 0 Å². The second-order valence-electron chi connectivity index (χ2n) is 5.65. The molecule has 0 spiro atoms. The molecule has 7 heteroatoms. The molecule has 0 N–H and O–H groups in total. The van der Waals surface area contributed by atoms with Gasteiger partial charge in [0.25, 0.3) is 5.91 Å². The summed E-state index contributed by atoms with van der Waals surface area (Å²) in [5.41, 5.74) is 0.858. The van der Waals surface area contributed by atoms with Gasteiger partial charge in [-0.3, -0.25) is 4.79 Å². The van der Waals surface area contributed by atoms with Gasteiger partial charge in [0.15, 0.2) is 11.5 Å². The molecule has 0 aromatic heterocycles. The quantitative estimate of drug-likeness (QED) is 0.794. The van der Waals surface area contributed by atoms with Crippen LogP contribution in [0.4, 0.5) is 4.39 Å². The molecule has 1 fully saturated rings. The van der Waals surface area contributed by atoms with E-state index >= 15 is 0 Å². The molecule has 0 radical (unpaired) electrons. The summed E-state index contributed by atoms with van der Waals surface area (Å²) in [6.45, 7) is 0.528. The molecule has 0 aliphatic carbocycles. The summed E-state index contributed by atoms with van der Waals surface area (Å²) in [5, 5.41) is -0.295. The molecule has 5 nitrogen and oxygen atoms in total. The Kier molecular flexibility index (Phi) is 5.56. The van der Waals surface area contributed by atoms with Crippen LogP contribution in [-0.4, -0.2) is 44.4 Å². The Bertz CT molecular complexity index is 814. The van der Waals surface area contributed by atoms with E-state index in [2.05, 4.69) is 0 Å². The first-order chi connectivity index (χ1) is 12.6. The number of halogens is 1. The number of nitrogens with zero attached hydrogens (tertiary/aromatic N) is 1. The minimum atomic E-state index is -0.521. The van der Waals surface area contributed by atoms with E-state index in [1.54, 1.807) is 56.2 Å². The standard InChI is InChI=1S/C19H20FNO4S/c1-23-15-11-17(25-3)16(24-2)10-13(15)19-21(8-9-26-19)18(22)12-6-4-5-7-14(12)20/h4-7,10-11,19H,8-9H2,1-3H3. The molecular formula is C19H20FNO4S. The second-order valence-corrected chi connectivity index (χ2v) is 6.84. The van der Waals surface area contributed by atoms with Gasteiger partial charge in [-0.25, -0.2) is 4.39 Å². The third-order valence-corrected chi connectivity index (χ3v) is 5.50. The van der Waals surface area contributed by atoms with Crippen LogP contribution >= 0.6 is 11.8 Å². The lowest BCUT2D eigenvalue weighted by molar-refractivity contribution is 0.0754. The fourth-order valence-corrected chi connectivity index (χ4v) is 4.24. The van der Waals surface area contributed by atoms with Crippen LogP contribution in [0.1, 0.15) is 21.3 Å². The number of carbonyl (C=O) groups is 1. The van der Waals surface area contributed by atoms with Gasteiger partial charge in [0, 0.05) is 23.9 Å². The van der Waals surface area contributed by atoms with Crippen LogP contribution in [0.25, 0.3) is 0 Å². The summed E-state index contributed by atoms with van der Waals surface area (Å²) in [5.74, 6) is 1.58. The van der Waals surface area contributed by atoms with E-state index in [0.717, 1.165) is 11.3 Å². The van der Waals surface area contributed by atoms with E-state index < -0.39 is 5.82 Å². The zero-order valence-corrected chi connectivity index (χ0v) is 15.6. The van der Waals surface area contributed by atoms with Gasteiger partial charge in [-0.1, -0.05) is 12.1 Å². The first-order valence-corrected chi connectivity index (χ1v) is 9.12. The molecule has 0 bridgehead atoms. The highest BCUT2D eigenvalue weighted by Crippen LogP contribution is 2.46. The SMILES string of the molecule is COc1cc(OC)c(C2SCCN2C(=O)c2ccccc2F)cc1OC. The van der Waals surface area contributed by atoms with Crippen LogP contribution in [0.3, 0.4) is 0 Å². The van der Waals surface area contributed by atoms with Crippen molar-refractivity contribution < 1.29 is 23.4 Å². The molecule has 1 unspecified atom stereocenters. The van der Waals surface area contributed by atoms with Gasteiger partial charge in [-0.2, -0.15) is 0 Å². The molecule has 1 atom stereocenters. The van der Waals surface area contributed by atoms with E-state index in [1.165, 1.54) is 12.1 Å². The fourth-order valence-electron chi connectivity index (χ4n) is 2.97. The minimum Gasteiger partial charge on any atom is -0.496 e. The first kappa shape index (κ1) is 18.4. The number of thioether (sulfide) groups is 1. The van der Waals surface area contributed by atoms with Crippen molar-refractivity contribution in [2.24, 2.45) is 0 Å². The zero-order chi connectivity index (χ0) is 18.7. The molecule has 3 rings (SSSR count). The van der Waals surface area contributed by atoms with E-state index in [4.69, 9.17) is 14.2 Å². The summed E-state index contributed by atoms with van der Waals surface area (Å²) in [4.78, 5) is 14.6. The van der Waals surface area contributed by atoms with E-state index in [9.17, 15) is 9.18 Å². The number of amides is 1. The van der Waals surface area contributed by atoms with Crippen molar-refractivity contribution in [2.45, 2.75) is 5.37 Å². The second kappa shape index (κ2) is 7.86. The van der Waals surface area contributed by atoms with Crippen LogP contribution in [-0.2, 0) is 0 Å². The third-order valence-electron chi connectivity index (χ3n) is 4.26. The van der Waals surface area contributed by atoms with Crippen LogP contribution in [0.2, 0.25) is 0 Å². The molecule has 1 heterocycles. The van der Waals surface area contributed by atoms with Gasteiger partial charge in [0.1, 0.15) is 16.9 Å². The Morgan fingerprint density at radius 1 is 1.08 bits per heavy atom. The Hall–Kier alpha value is -2.41. The molecule has 1 amide bonds. The summed E-state index contributed by atoms with van der Waals surface area (Å²) in [7, 11) is 4.67. The lowest BCUT2D eigenvalue weighted by atomic mass is 10.1. The molecule has 2 aromatic rings. The van der Waals surface area contributed by atoms with Crippen LogP contribution in [0.15, 0.2) is 36.4 Å². The van der Waals surface area contributed by atoms with Crippen molar-refractivity contribution >= 4 is 17.7 Å². The molecule has 1 saturated heterocycles. The van der Waals surface area contributed by atoms with E-state index in [0.29, 0.717) is 23.8 Å². The highest BCUT2D eigenvalue weighted by atomic mass is 32.2. The Balaban J connectivity index is 2.00. The Morgan fingerprint density at radius 2 is 1.73 bits per heavy atom. The highest BCUT2D eigenvalue weighted by molar-refractivity contribution is 7.99. The summed E-state index contributed by atoms with van der Waals surface area (Å²) in [6, 6.07) is 9.57. The molecular weight excluding hydrogens is 357 g/mol. The molecule has 138 valence electrons. The van der Waals surface area contributed by atoms with Crippen molar-refractivity contribution in [2.75, 3.05) is 33.6 Å². The fraction of sp³-hybridized carbons (Fsp3) is 0.316. The normalized spacial score (nSPS) is 16.5. The average Bonchev–Trinajstić information content (AvgIpc) is 3.16. The number of ether oxygens (including phenoxy) is 3. The Morgan fingerprint density at radius 3 is 2.38 bits per heavy atom.